The second-order valence-corrected chi connectivity index (χ2v) is 10.5. The van der Waals surface area contributed by atoms with Gasteiger partial charge in [0.15, 0.2) is 17.3 Å². The second-order valence-electron chi connectivity index (χ2n) is 9.70. The van der Waals surface area contributed by atoms with Crippen molar-refractivity contribution in [2.24, 2.45) is 0 Å². The van der Waals surface area contributed by atoms with Gasteiger partial charge < -0.3 is 10.6 Å². The first-order valence-electron chi connectivity index (χ1n) is 13.6. The number of aryl methyl sites for hydroxylation is 1. The van der Waals surface area contributed by atoms with Gasteiger partial charge in [0, 0.05) is 37.2 Å². The van der Waals surface area contributed by atoms with Gasteiger partial charge in [0.1, 0.15) is 5.00 Å². The molecule has 0 saturated carbocycles. The number of nitrogens with one attached hydrogen (secondary N) is 2. The van der Waals surface area contributed by atoms with Crippen molar-refractivity contribution < 1.29 is 9.18 Å². The first kappa shape index (κ1) is 28.3. The van der Waals surface area contributed by atoms with Crippen molar-refractivity contribution in [1.82, 2.24) is 43.7 Å². The number of halogens is 1. The molecule has 41 heavy (non-hydrogen) atoms. The van der Waals surface area contributed by atoms with Gasteiger partial charge in [0.2, 0.25) is 0 Å². The van der Waals surface area contributed by atoms with E-state index in [1.54, 1.807) is 17.1 Å². The maximum Gasteiger partial charge on any atom is 0.254 e. The highest BCUT2D eigenvalue weighted by atomic mass is 32.1. The largest absolute Gasteiger partial charge is 0.350 e. The predicted molar refractivity (Wildman–Crippen MR) is 157 cm³/mol. The Hall–Kier alpha value is -4.23. The molecule has 2 N–H and O–H groups in total. The molecule has 0 unspecified atom stereocenters. The zero-order valence-electron chi connectivity index (χ0n) is 23.3. The SMILES string of the molecule is CCCCN(CC)Cc1cc(Nc2nc(C)cn3c(-c4cnn(CCNC(=O)c5ccncc5F)c4)cnc23)sn1. The monoisotopic (exact) mass is 576 g/mol. The Kier molecular flexibility index (Phi) is 8.95. The lowest BCUT2D eigenvalue weighted by Gasteiger charge is -2.18. The zero-order chi connectivity index (χ0) is 28.8. The summed E-state index contributed by atoms with van der Waals surface area (Å²) in [4.78, 5) is 27.7. The number of rotatable bonds is 13. The van der Waals surface area contributed by atoms with E-state index in [1.807, 2.05) is 23.7 Å². The molecule has 0 spiro atoms. The van der Waals surface area contributed by atoms with Crippen LogP contribution in [0.2, 0.25) is 0 Å². The predicted octanol–water partition coefficient (Wildman–Crippen LogP) is 4.69. The summed E-state index contributed by atoms with van der Waals surface area (Å²) >= 11 is 1.42. The molecule has 0 aliphatic heterocycles. The smallest absolute Gasteiger partial charge is 0.254 e. The molecule has 13 heteroatoms. The van der Waals surface area contributed by atoms with Crippen molar-refractivity contribution in [3.63, 3.8) is 0 Å². The van der Waals surface area contributed by atoms with Crippen molar-refractivity contribution in [2.75, 3.05) is 25.0 Å². The van der Waals surface area contributed by atoms with Crippen LogP contribution in [0, 0.1) is 12.7 Å². The summed E-state index contributed by atoms with van der Waals surface area (Å²) in [6.45, 7) is 9.93. The first-order valence-corrected chi connectivity index (χ1v) is 14.4. The van der Waals surface area contributed by atoms with Crippen LogP contribution in [0.4, 0.5) is 15.2 Å². The molecule has 0 aliphatic rings. The van der Waals surface area contributed by atoms with Crippen molar-refractivity contribution >= 4 is 33.9 Å². The van der Waals surface area contributed by atoms with Gasteiger partial charge in [-0.15, -0.1) is 0 Å². The Morgan fingerprint density at radius 2 is 2.07 bits per heavy atom. The number of pyridine rings is 1. The molecule has 0 bridgehead atoms. The van der Waals surface area contributed by atoms with E-state index in [1.165, 1.54) is 36.6 Å². The number of amides is 1. The highest BCUT2D eigenvalue weighted by Gasteiger charge is 2.16. The van der Waals surface area contributed by atoms with Gasteiger partial charge in [0.25, 0.3) is 5.91 Å². The number of aromatic nitrogens is 7. The number of imidazole rings is 1. The van der Waals surface area contributed by atoms with Crippen LogP contribution in [0.25, 0.3) is 16.9 Å². The van der Waals surface area contributed by atoms with Crippen molar-refractivity contribution in [2.45, 2.75) is 46.7 Å². The van der Waals surface area contributed by atoms with Crippen molar-refractivity contribution in [3.8, 4) is 11.3 Å². The molecule has 214 valence electrons. The highest BCUT2D eigenvalue weighted by molar-refractivity contribution is 7.10. The summed E-state index contributed by atoms with van der Waals surface area (Å²) in [5.74, 6) is -0.489. The van der Waals surface area contributed by atoms with Gasteiger partial charge >= 0.3 is 0 Å². The molecule has 5 aromatic rings. The summed E-state index contributed by atoms with van der Waals surface area (Å²) in [5.41, 5.74) is 4.26. The third-order valence-corrected chi connectivity index (χ3v) is 7.39. The third-order valence-electron chi connectivity index (χ3n) is 6.65. The third kappa shape index (κ3) is 6.74. The van der Waals surface area contributed by atoms with Crippen LogP contribution in [0.5, 0.6) is 0 Å². The van der Waals surface area contributed by atoms with Crippen molar-refractivity contribution in [1.29, 1.82) is 0 Å². The van der Waals surface area contributed by atoms with Crippen LogP contribution in [0.3, 0.4) is 0 Å². The van der Waals surface area contributed by atoms with Gasteiger partial charge in [-0.1, -0.05) is 20.3 Å². The summed E-state index contributed by atoms with van der Waals surface area (Å²) < 4.78 is 22.2. The van der Waals surface area contributed by atoms with Crippen LogP contribution in [0.15, 0.2) is 49.3 Å². The molecule has 0 atom stereocenters. The van der Waals surface area contributed by atoms with Crippen LogP contribution < -0.4 is 10.6 Å². The van der Waals surface area contributed by atoms with E-state index < -0.39 is 11.7 Å². The van der Waals surface area contributed by atoms with E-state index in [2.05, 4.69) is 54.9 Å². The molecule has 5 aromatic heterocycles. The summed E-state index contributed by atoms with van der Waals surface area (Å²) in [6.07, 6.45) is 12.1. The molecule has 1 amide bonds. The molecule has 0 aliphatic carbocycles. The lowest BCUT2D eigenvalue weighted by atomic mass is 10.2. The molecule has 0 aromatic carbocycles. The first-order chi connectivity index (χ1) is 19.9. The Morgan fingerprint density at radius 1 is 1.20 bits per heavy atom. The van der Waals surface area contributed by atoms with Gasteiger partial charge in [-0.2, -0.15) is 9.47 Å². The van der Waals surface area contributed by atoms with E-state index >= 15 is 0 Å². The Balaban J connectivity index is 1.26. The van der Waals surface area contributed by atoms with Crippen LogP contribution in [0.1, 0.15) is 48.4 Å². The fourth-order valence-corrected chi connectivity index (χ4v) is 5.14. The van der Waals surface area contributed by atoms with Gasteiger partial charge in [-0.05, 0) is 50.1 Å². The van der Waals surface area contributed by atoms with Gasteiger partial charge in [0.05, 0.1) is 47.8 Å². The Morgan fingerprint density at radius 3 is 2.88 bits per heavy atom. The van der Waals surface area contributed by atoms with E-state index in [9.17, 15) is 9.18 Å². The fourth-order valence-electron chi connectivity index (χ4n) is 4.48. The summed E-state index contributed by atoms with van der Waals surface area (Å²) in [5, 5.41) is 11.5. The average Bonchev–Trinajstić information content (AvgIpc) is 3.71. The maximum absolute atomic E-state index is 13.8. The minimum atomic E-state index is -0.654. The highest BCUT2D eigenvalue weighted by Crippen LogP contribution is 2.28. The number of hydrogen-bond donors (Lipinski definition) is 2. The van der Waals surface area contributed by atoms with Crippen LogP contribution >= 0.6 is 11.5 Å². The Bertz CT molecular complexity index is 1630. The van der Waals surface area contributed by atoms with Gasteiger partial charge in [-0.3, -0.25) is 23.8 Å². The van der Waals surface area contributed by atoms with Crippen LogP contribution in [-0.2, 0) is 13.1 Å². The lowest BCUT2D eigenvalue weighted by molar-refractivity contribution is 0.0947. The average molecular weight is 577 g/mol. The molecule has 0 radical (unpaired) electrons. The van der Waals surface area contributed by atoms with E-state index in [4.69, 9.17) is 4.98 Å². The number of nitrogens with zero attached hydrogens (tertiary/aromatic N) is 8. The molecule has 11 nitrogen and oxygen atoms in total. The second kappa shape index (κ2) is 13.0. The Labute approximate surface area is 241 Å². The normalized spacial score (nSPS) is 11.4. The minimum absolute atomic E-state index is 0.0373. The summed E-state index contributed by atoms with van der Waals surface area (Å²) in [7, 11) is 0. The molecule has 0 saturated heterocycles. The molecule has 5 rings (SSSR count). The molecule has 5 heterocycles. The van der Waals surface area contributed by atoms with Crippen molar-refractivity contribution in [3.05, 3.63) is 72.1 Å². The van der Waals surface area contributed by atoms with Crippen LogP contribution in [-0.4, -0.2) is 63.9 Å². The lowest BCUT2D eigenvalue weighted by Crippen LogP contribution is -2.28. The standard InChI is InChI=1S/C28H33FN10OS/c1-4-6-10-37(5-2)18-21-12-25(41-36-21)35-26-27-32-15-24(39(27)16-19(3)34-26)20-13-33-38(17-20)11-9-31-28(40)22-7-8-30-14-23(22)29/h7-8,12-17H,4-6,9-11,18H2,1-3H3,(H,31,40)(H,34,35). The van der Waals surface area contributed by atoms with Gasteiger partial charge in [-0.25, -0.2) is 14.4 Å². The number of unbranched alkanes of at least 4 members (excludes halogenated alkanes) is 1. The molecular formula is C28H33FN10OS. The van der Waals surface area contributed by atoms with E-state index in [-0.39, 0.29) is 12.1 Å². The minimum Gasteiger partial charge on any atom is -0.350 e. The molecule has 0 fully saturated rings. The number of hydrogen-bond acceptors (Lipinski definition) is 9. The fraction of sp³-hybridized carbons (Fsp3) is 0.357. The number of anilines is 2. The number of fused-ring (bicyclic) bond motifs is 1. The quantitative estimate of drug-likeness (QED) is 0.207. The topological polar surface area (TPSA) is 118 Å². The van der Waals surface area contributed by atoms with E-state index in [0.717, 1.165) is 53.5 Å². The maximum atomic E-state index is 13.8. The van der Waals surface area contributed by atoms with E-state index in [0.29, 0.717) is 18.0 Å². The number of carbonyl (C=O) groups excluding carboxylic acids is 1. The zero-order valence-corrected chi connectivity index (χ0v) is 24.2. The molecular weight excluding hydrogens is 543 g/mol. The number of carbonyl (C=O) groups is 1. The summed E-state index contributed by atoms with van der Waals surface area (Å²) in [6, 6.07) is 3.43.